The third-order valence-corrected chi connectivity index (χ3v) is 5.40. The van der Waals surface area contributed by atoms with Crippen molar-refractivity contribution in [2.45, 2.75) is 110 Å². The molecule has 0 aliphatic rings. The molecule has 0 aliphatic heterocycles. The number of carbonyl (C=O) groups excluding carboxylic acids is 1. The highest BCUT2D eigenvalue weighted by molar-refractivity contribution is 5.75. The van der Waals surface area contributed by atoms with Crippen molar-refractivity contribution in [2.24, 2.45) is 0 Å². The number of hydrogen-bond acceptors (Lipinski definition) is 4. The van der Waals surface area contributed by atoms with Gasteiger partial charge in [0.05, 0.1) is 26.4 Å². The summed E-state index contributed by atoms with van der Waals surface area (Å²) in [6.07, 6.45) is 22.9. The molecule has 5 heteroatoms. The molecule has 1 amide bonds. The lowest BCUT2D eigenvalue weighted by Gasteiger charge is -2.07. The third kappa shape index (κ3) is 27.1. The Morgan fingerprint density at radius 3 is 1.78 bits per heavy atom. The van der Waals surface area contributed by atoms with Gasteiger partial charge in [-0.2, -0.15) is 0 Å². The second kappa shape index (κ2) is 28.1. The first-order chi connectivity index (χ1) is 15.8. The molecule has 0 saturated heterocycles. The van der Waals surface area contributed by atoms with Crippen LogP contribution in [0.2, 0.25) is 0 Å². The first-order valence-electron chi connectivity index (χ1n) is 13.5. The molecule has 1 N–H and O–H groups in total. The summed E-state index contributed by atoms with van der Waals surface area (Å²) in [6, 6.07) is 0. The number of carbonyl (C=O) groups is 1. The molecule has 5 nitrogen and oxygen atoms in total. The Bertz CT molecular complexity index is 401. The van der Waals surface area contributed by atoms with Gasteiger partial charge in [0.1, 0.15) is 0 Å². The minimum absolute atomic E-state index is 0.168. The lowest BCUT2D eigenvalue weighted by Crippen LogP contribution is -2.25. The van der Waals surface area contributed by atoms with E-state index < -0.39 is 0 Å². The molecule has 0 radical (unpaired) electrons. The van der Waals surface area contributed by atoms with Crippen molar-refractivity contribution in [3.05, 3.63) is 12.2 Å². The summed E-state index contributed by atoms with van der Waals surface area (Å²) >= 11 is 0. The molecule has 0 saturated carbocycles. The van der Waals surface area contributed by atoms with Crippen LogP contribution in [-0.2, 0) is 19.0 Å². The maximum atomic E-state index is 11.8. The van der Waals surface area contributed by atoms with Gasteiger partial charge in [-0.1, -0.05) is 70.4 Å². The van der Waals surface area contributed by atoms with Gasteiger partial charge in [-0.25, -0.2) is 0 Å². The topological polar surface area (TPSA) is 56.8 Å². The Morgan fingerprint density at radius 2 is 1.16 bits per heavy atom. The number of allylic oxidation sites excluding steroid dienone is 2. The quantitative estimate of drug-likeness (QED) is 0.118. The number of hydrogen-bond donors (Lipinski definition) is 1. The molecule has 32 heavy (non-hydrogen) atoms. The predicted molar refractivity (Wildman–Crippen MR) is 135 cm³/mol. The van der Waals surface area contributed by atoms with Crippen molar-refractivity contribution in [1.29, 1.82) is 0 Å². The molecule has 0 atom stereocenters. The molecule has 0 unspecified atom stereocenters. The van der Waals surface area contributed by atoms with Crippen molar-refractivity contribution < 1.29 is 19.0 Å². The summed E-state index contributed by atoms with van der Waals surface area (Å²) in [6.45, 7) is 8.75. The molecular formula is C27H53NO4. The molecular weight excluding hydrogens is 402 g/mol. The van der Waals surface area contributed by atoms with E-state index in [1.165, 1.54) is 70.6 Å². The summed E-state index contributed by atoms with van der Waals surface area (Å²) in [7, 11) is 0. The number of nitrogens with one attached hydrogen (secondary N) is 1. The van der Waals surface area contributed by atoms with E-state index in [1.807, 2.05) is 6.92 Å². The molecule has 0 fully saturated rings. The van der Waals surface area contributed by atoms with E-state index in [9.17, 15) is 4.79 Å². The van der Waals surface area contributed by atoms with E-state index in [0.29, 0.717) is 46.0 Å². The highest BCUT2D eigenvalue weighted by Crippen LogP contribution is 2.09. The maximum Gasteiger partial charge on any atom is 0.219 e. The molecule has 0 bridgehead atoms. The Kier molecular flexibility index (Phi) is 27.3. The SMILES string of the molecule is CCCCCCCC/C=C\CCCCCCCC(=O)NCCCOCCOCCOCC. The van der Waals surface area contributed by atoms with E-state index in [0.717, 1.165) is 25.9 Å². The van der Waals surface area contributed by atoms with Crippen molar-refractivity contribution in [1.82, 2.24) is 5.32 Å². The summed E-state index contributed by atoms with van der Waals surface area (Å²) in [5.41, 5.74) is 0. The Balaban J connectivity index is 3.20. The minimum atomic E-state index is 0.168. The first kappa shape index (κ1) is 31.1. The lowest BCUT2D eigenvalue weighted by atomic mass is 10.1. The summed E-state index contributed by atoms with van der Waals surface area (Å²) in [5.74, 6) is 0.168. The van der Waals surface area contributed by atoms with Gasteiger partial charge in [0.25, 0.3) is 0 Å². The van der Waals surface area contributed by atoms with Gasteiger partial charge < -0.3 is 19.5 Å². The van der Waals surface area contributed by atoms with Gasteiger partial charge in [-0.05, 0) is 45.4 Å². The van der Waals surface area contributed by atoms with Crippen molar-refractivity contribution in [3.63, 3.8) is 0 Å². The maximum absolute atomic E-state index is 11.8. The standard InChI is InChI=1S/C27H53NO4/c1-3-5-6-7-8-9-10-11-12-13-14-15-16-17-18-20-27(29)28-21-19-22-31-25-26-32-24-23-30-4-2/h11-12H,3-10,13-26H2,1-2H3,(H,28,29)/b12-11-. The van der Waals surface area contributed by atoms with Crippen LogP contribution in [0.3, 0.4) is 0 Å². The van der Waals surface area contributed by atoms with Crippen molar-refractivity contribution >= 4 is 5.91 Å². The van der Waals surface area contributed by atoms with Gasteiger partial charge in [0, 0.05) is 26.2 Å². The van der Waals surface area contributed by atoms with Gasteiger partial charge in [-0.3, -0.25) is 4.79 Å². The van der Waals surface area contributed by atoms with Crippen LogP contribution in [0.4, 0.5) is 0 Å². The molecule has 0 aromatic rings. The summed E-state index contributed by atoms with van der Waals surface area (Å²) in [5, 5.41) is 2.98. The highest BCUT2D eigenvalue weighted by atomic mass is 16.5. The molecule has 0 rings (SSSR count). The van der Waals surface area contributed by atoms with Gasteiger partial charge in [-0.15, -0.1) is 0 Å². The van der Waals surface area contributed by atoms with Gasteiger partial charge in [0.2, 0.25) is 5.91 Å². The smallest absolute Gasteiger partial charge is 0.219 e. The van der Waals surface area contributed by atoms with E-state index in [1.54, 1.807) is 0 Å². The van der Waals surface area contributed by atoms with Crippen molar-refractivity contribution in [2.75, 3.05) is 46.2 Å². The van der Waals surface area contributed by atoms with Crippen LogP contribution >= 0.6 is 0 Å². The third-order valence-electron chi connectivity index (χ3n) is 5.40. The van der Waals surface area contributed by atoms with E-state index in [4.69, 9.17) is 14.2 Å². The Labute approximate surface area is 199 Å². The molecule has 0 heterocycles. The number of rotatable bonds is 26. The zero-order valence-corrected chi connectivity index (χ0v) is 21.3. The number of amides is 1. The average Bonchev–Trinajstić information content (AvgIpc) is 2.80. The number of ether oxygens (including phenoxy) is 3. The van der Waals surface area contributed by atoms with Crippen LogP contribution < -0.4 is 5.32 Å². The van der Waals surface area contributed by atoms with E-state index in [2.05, 4.69) is 24.4 Å². The van der Waals surface area contributed by atoms with Crippen LogP contribution in [0.25, 0.3) is 0 Å². The second-order valence-corrected chi connectivity index (χ2v) is 8.46. The Morgan fingerprint density at radius 1 is 0.625 bits per heavy atom. The van der Waals surface area contributed by atoms with Crippen LogP contribution in [-0.4, -0.2) is 52.1 Å². The molecule has 0 aliphatic carbocycles. The summed E-state index contributed by atoms with van der Waals surface area (Å²) in [4.78, 5) is 11.8. The summed E-state index contributed by atoms with van der Waals surface area (Å²) < 4.78 is 16.1. The molecule has 0 aromatic carbocycles. The average molecular weight is 456 g/mol. The van der Waals surface area contributed by atoms with Crippen molar-refractivity contribution in [3.8, 4) is 0 Å². The predicted octanol–water partition coefficient (Wildman–Crippen LogP) is 6.60. The largest absolute Gasteiger partial charge is 0.379 e. The van der Waals surface area contributed by atoms with Crippen LogP contribution in [0, 0.1) is 0 Å². The second-order valence-electron chi connectivity index (χ2n) is 8.46. The van der Waals surface area contributed by atoms with Gasteiger partial charge >= 0.3 is 0 Å². The van der Waals surface area contributed by atoms with E-state index in [-0.39, 0.29) is 5.91 Å². The normalized spacial score (nSPS) is 11.4. The zero-order chi connectivity index (χ0) is 23.4. The van der Waals surface area contributed by atoms with Gasteiger partial charge in [0.15, 0.2) is 0 Å². The fraction of sp³-hybridized carbons (Fsp3) is 0.889. The highest BCUT2D eigenvalue weighted by Gasteiger charge is 2.00. The molecule has 0 spiro atoms. The minimum Gasteiger partial charge on any atom is -0.379 e. The fourth-order valence-electron chi connectivity index (χ4n) is 3.43. The number of unbranched alkanes of at least 4 members (excludes halogenated alkanes) is 11. The first-order valence-corrected chi connectivity index (χ1v) is 13.5. The van der Waals surface area contributed by atoms with Crippen LogP contribution in [0.1, 0.15) is 110 Å². The monoisotopic (exact) mass is 455 g/mol. The molecule has 0 aromatic heterocycles. The molecule has 190 valence electrons. The van der Waals surface area contributed by atoms with Crippen LogP contribution in [0.5, 0.6) is 0 Å². The van der Waals surface area contributed by atoms with E-state index >= 15 is 0 Å². The lowest BCUT2D eigenvalue weighted by molar-refractivity contribution is -0.121. The zero-order valence-electron chi connectivity index (χ0n) is 21.3. The van der Waals surface area contributed by atoms with Crippen LogP contribution in [0.15, 0.2) is 12.2 Å². The fourth-order valence-corrected chi connectivity index (χ4v) is 3.43. The Hall–Kier alpha value is -0.910.